The number of hydrogen-bond donors (Lipinski definition) is 0. The lowest BCUT2D eigenvalue weighted by Gasteiger charge is -2.31. The van der Waals surface area contributed by atoms with Crippen LogP contribution in [0.25, 0.3) is 0 Å². The smallest absolute Gasteiger partial charge is 0.255 e. The third-order valence-electron chi connectivity index (χ3n) is 3.54. The molecule has 1 aromatic carbocycles. The minimum absolute atomic E-state index is 0.0719. The third-order valence-corrected chi connectivity index (χ3v) is 4.19. The molecular formula is C16H24BrNO2. The van der Waals surface area contributed by atoms with Crippen molar-refractivity contribution in [2.45, 2.75) is 39.7 Å². The molecule has 0 fully saturated rings. The maximum Gasteiger partial charge on any atom is 0.255 e. The molecule has 1 amide bonds. The molecular weight excluding hydrogens is 318 g/mol. The van der Waals surface area contributed by atoms with Crippen LogP contribution in [0.2, 0.25) is 0 Å². The second-order valence-electron chi connectivity index (χ2n) is 4.94. The Balaban J connectivity index is 3.02. The maximum atomic E-state index is 12.8. The fourth-order valence-electron chi connectivity index (χ4n) is 2.32. The topological polar surface area (TPSA) is 29.5 Å². The van der Waals surface area contributed by atoms with Crippen molar-refractivity contribution in [2.24, 2.45) is 0 Å². The van der Waals surface area contributed by atoms with Crippen LogP contribution in [0.1, 0.15) is 42.6 Å². The summed E-state index contributed by atoms with van der Waals surface area (Å²) in [5.74, 6) is 0.0719. The van der Waals surface area contributed by atoms with Gasteiger partial charge in [0.15, 0.2) is 0 Å². The van der Waals surface area contributed by atoms with E-state index < -0.39 is 0 Å². The van der Waals surface area contributed by atoms with E-state index in [1.54, 1.807) is 7.11 Å². The average Bonchev–Trinajstić information content (AvgIpc) is 2.43. The molecule has 0 radical (unpaired) electrons. The van der Waals surface area contributed by atoms with Crippen molar-refractivity contribution >= 4 is 21.8 Å². The van der Waals surface area contributed by atoms with E-state index in [0.717, 1.165) is 28.4 Å². The Morgan fingerprint density at radius 3 is 2.50 bits per heavy atom. The van der Waals surface area contributed by atoms with E-state index in [9.17, 15) is 4.79 Å². The first-order chi connectivity index (χ1) is 9.54. The highest BCUT2D eigenvalue weighted by molar-refractivity contribution is 9.10. The van der Waals surface area contributed by atoms with Crippen molar-refractivity contribution in [3.8, 4) is 0 Å². The fraction of sp³-hybridized carbons (Fsp3) is 0.562. The van der Waals surface area contributed by atoms with Gasteiger partial charge in [-0.25, -0.2) is 0 Å². The minimum atomic E-state index is 0.0719. The molecule has 20 heavy (non-hydrogen) atoms. The number of carbonyl (C=O) groups is 1. The summed E-state index contributed by atoms with van der Waals surface area (Å²) in [5.41, 5.74) is 1.86. The van der Waals surface area contributed by atoms with Crippen LogP contribution >= 0.6 is 15.9 Å². The van der Waals surface area contributed by atoms with Gasteiger partial charge in [-0.05, 0) is 53.4 Å². The number of methoxy groups -OCH3 is 1. The predicted octanol–water partition coefficient (Wildman–Crippen LogP) is 4.03. The maximum absolute atomic E-state index is 12.8. The molecule has 0 aromatic heterocycles. The number of amides is 1. The van der Waals surface area contributed by atoms with Crippen molar-refractivity contribution in [3.63, 3.8) is 0 Å². The lowest BCUT2D eigenvalue weighted by atomic mass is 10.1. The number of hydrogen-bond acceptors (Lipinski definition) is 2. The lowest BCUT2D eigenvalue weighted by molar-refractivity contribution is 0.0588. The number of halogens is 1. The largest absolute Gasteiger partial charge is 0.383 e. The zero-order chi connectivity index (χ0) is 15.1. The van der Waals surface area contributed by atoms with E-state index in [4.69, 9.17) is 4.74 Å². The van der Waals surface area contributed by atoms with Gasteiger partial charge in [0, 0.05) is 24.2 Å². The van der Waals surface area contributed by atoms with Crippen LogP contribution < -0.4 is 0 Å². The molecule has 0 aliphatic rings. The van der Waals surface area contributed by atoms with Crippen molar-refractivity contribution in [3.05, 3.63) is 33.8 Å². The third kappa shape index (κ3) is 4.32. The van der Waals surface area contributed by atoms with Gasteiger partial charge in [-0.3, -0.25) is 4.79 Å². The zero-order valence-corrected chi connectivity index (χ0v) is 14.4. The van der Waals surface area contributed by atoms with Crippen LogP contribution in [0, 0.1) is 6.92 Å². The summed E-state index contributed by atoms with van der Waals surface area (Å²) in [7, 11) is 1.66. The molecule has 112 valence electrons. The average molecular weight is 342 g/mol. The Labute approximate surface area is 130 Å². The standard InChI is InChI=1S/C16H24BrNO2/c1-5-13(6-2)18(9-10-20-4)16(19)14-8-7-12(3)11-15(14)17/h7-8,11,13H,5-6,9-10H2,1-4H3. The molecule has 0 unspecified atom stereocenters. The summed E-state index contributed by atoms with van der Waals surface area (Å²) in [4.78, 5) is 14.7. The molecule has 0 saturated carbocycles. The van der Waals surface area contributed by atoms with E-state index in [0.29, 0.717) is 13.2 Å². The molecule has 4 heteroatoms. The first-order valence-electron chi connectivity index (χ1n) is 7.11. The van der Waals surface area contributed by atoms with Crippen molar-refractivity contribution in [2.75, 3.05) is 20.3 Å². The van der Waals surface area contributed by atoms with Gasteiger partial charge in [-0.15, -0.1) is 0 Å². The van der Waals surface area contributed by atoms with E-state index in [2.05, 4.69) is 29.8 Å². The summed E-state index contributed by atoms with van der Waals surface area (Å²) in [6.07, 6.45) is 1.91. The molecule has 0 heterocycles. The number of rotatable bonds is 7. The molecule has 3 nitrogen and oxygen atoms in total. The molecule has 0 saturated heterocycles. The zero-order valence-electron chi connectivity index (χ0n) is 12.8. The van der Waals surface area contributed by atoms with Gasteiger partial charge in [0.25, 0.3) is 5.91 Å². The van der Waals surface area contributed by atoms with Crippen LogP contribution in [-0.4, -0.2) is 37.1 Å². The highest BCUT2D eigenvalue weighted by atomic mass is 79.9. The number of benzene rings is 1. The number of nitrogens with zero attached hydrogens (tertiary/aromatic N) is 1. The first kappa shape index (κ1) is 17.2. The van der Waals surface area contributed by atoms with E-state index >= 15 is 0 Å². The minimum Gasteiger partial charge on any atom is -0.383 e. The molecule has 0 atom stereocenters. The van der Waals surface area contributed by atoms with E-state index in [-0.39, 0.29) is 11.9 Å². The Morgan fingerprint density at radius 2 is 2.00 bits per heavy atom. The highest BCUT2D eigenvalue weighted by Crippen LogP contribution is 2.22. The van der Waals surface area contributed by atoms with Crippen LogP contribution in [0.5, 0.6) is 0 Å². The summed E-state index contributed by atoms with van der Waals surface area (Å²) < 4.78 is 6.00. The van der Waals surface area contributed by atoms with Crippen molar-refractivity contribution < 1.29 is 9.53 Å². The van der Waals surface area contributed by atoms with Gasteiger partial charge < -0.3 is 9.64 Å². The molecule has 0 aliphatic carbocycles. The number of aryl methyl sites for hydroxylation is 1. The molecule has 0 N–H and O–H groups in total. The van der Waals surface area contributed by atoms with Crippen LogP contribution in [0.3, 0.4) is 0 Å². The van der Waals surface area contributed by atoms with Gasteiger partial charge in [-0.2, -0.15) is 0 Å². The molecule has 1 aromatic rings. The number of ether oxygens (including phenoxy) is 1. The van der Waals surface area contributed by atoms with Crippen LogP contribution in [0.4, 0.5) is 0 Å². The van der Waals surface area contributed by atoms with Gasteiger partial charge >= 0.3 is 0 Å². The SMILES string of the molecule is CCC(CC)N(CCOC)C(=O)c1ccc(C)cc1Br. The Morgan fingerprint density at radius 1 is 1.35 bits per heavy atom. The van der Waals surface area contributed by atoms with E-state index in [1.165, 1.54) is 0 Å². The van der Waals surface area contributed by atoms with Gasteiger partial charge in [0.2, 0.25) is 0 Å². The van der Waals surface area contributed by atoms with Crippen molar-refractivity contribution in [1.29, 1.82) is 0 Å². The second-order valence-corrected chi connectivity index (χ2v) is 5.80. The van der Waals surface area contributed by atoms with Gasteiger partial charge in [0.05, 0.1) is 12.2 Å². The van der Waals surface area contributed by atoms with Crippen molar-refractivity contribution in [1.82, 2.24) is 4.90 Å². The first-order valence-corrected chi connectivity index (χ1v) is 7.90. The Kier molecular flexibility index (Phi) is 7.24. The Hall–Kier alpha value is -0.870. The molecule has 0 spiro atoms. The summed E-state index contributed by atoms with van der Waals surface area (Å²) in [6.45, 7) is 7.44. The normalized spacial score (nSPS) is 10.9. The Bertz CT molecular complexity index is 444. The summed E-state index contributed by atoms with van der Waals surface area (Å²) >= 11 is 3.50. The second kappa shape index (κ2) is 8.42. The van der Waals surface area contributed by atoms with Crippen LogP contribution in [0.15, 0.2) is 22.7 Å². The van der Waals surface area contributed by atoms with Gasteiger partial charge in [-0.1, -0.05) is 19.9 Å². The van der Waals surface area contributed by atoms with Gasteiger partial charge in [0.1, 0.15) is 0 Å². The van der Waals surface area contributed by atoms with Crippen LogP contribution in [-0.2, 0) is 4.74 Å². The quantitative estimate of drug-likeness (QED) is 0.749. The predicted molar refractivity (Wildman–Crippen MR) is 86.2 cm³/mol. The number of carbonyl (C=O) groups excluding carboxylic acids is 1. The summed E-state index contributed by atoms with van der Waals surface area (Å²) in [5, 5.41) is 0. The molecule has 0 aliphatic heterocycles. The lowest BCUT2D eigenvalue weighted by Crippen LogP contribution is -2.42. The molecule has 0 bridgehead atoms. The highest BCUT2D eigenvalue weighted by Gasteiger charge is 2.23. The monoisotopic (exact) mass is 341 g/mol. The summed E-state index contributed by atoms with van der Waals surface area (Å²) in [6, 6.07) is 6.10. The van der Waals surface area contributed by atoms with E-state index in [1.807, 2.05) is 30.0 Å². The fourth-order valence-corrected chi connectivity index (χ4v) is 2.98. The molecule has 1 rings (SSSR count).